The van der Waals surface area contributed by atoms with Crippen molar-refractivity contribution < 1.29 is 40.6 Å². The Balaban J connectivity index is 0.000000187. The molecular weight excluding hydrogens is 749 g/mol. The summed E-state index contributed by atoms with van der Waals surface area (Å²) in [5, 5.41) is 11.8. The van der Waals surface area contributed by atoms with Gasteiger partial charge in [0, 0.05) is 55.0 Å². The van der Waals surface area contributed by atoms with Crippen molar-refractivity contribution in [3.63, 3.8) is 0 Å². The van der Waals surface area contributed by atoms with Crippen molar-refractivity contribution in [2.24, 2.45) is 5.92 Å². The van der Waals surface area contributed by atoms with E-state index in [2.05, 4.69) is 20.2 Å². The summed E-state index contributed by atoms with van der Waals surface area (Å²) < 4.78 is 95.3. The lowest BCUT2D eigenvalue weighted by molar-refractivity contribution is -0.137. The van der Waals surface area contributed by atoms with Gasteiger partial charge in [-0.3, -0.25) is 9.69 Å². The number of aromatic nitrogens is 2. The normalized spacial score (nSPS) is 20.8. The first kappa shape index (κ1) is 40.3. The molecule has 5 heterocycles. The standard InChI is InChI=1S/C21H14F5N5OS.C10H17NO2.C7H12FN/c1-3-29-19-9-6-11(21(24,25)26)14(15(23)16(9)30-20(31-19)32-2)8-4-5-12(22)17-13(8)10(7-27)18(28)33-17;1-13-7-9-3-2-6-11(9)10(12)8-4-5-8;8-6-4-7-2-1-3-9(7)5-6/h4-6H,3,28H2,1-2H3,(H,29,30,31);8-9H,2-7H2,1H3;6-7H,1-5H2. The fourth-order valence-corrected chi connectivity index (χ4v) is 8.63. The summed E-state index contributed by atoms with van der Waals surface area (Å²) in [7, 11) is 2.94. The largest absolute Gasteiger partial charge is 0.467 e. The van der Waals surface area contributed by atoms with Crippen LogP contribution in [0.2, 0.25) is 0 Å². The average molecular weight is 792 g/mol. The highest BCUT2D eigenvalue weighted by atomic mass is 32.1. The zero-order chi connectivity index (χ0) is 39.6. The summed E-state index contributed by atoms with van der Waals surface area (Å²) >= 11 is 0.698. The number of nitrogen functional groups attached to an aromatic ring is 1. The minimum absolute atomic E-state index is 0.0444. The molecule has 2 aromatic carbocycles. The molecule has 3 saturated heterocycles. The Labute approximate surface area is 318 Å². The van der Waals surface area contributed by atoms with E-state index in [1.165, 1.54) is 20.0 Å². The highest BCUT2D eigenvalue weighted by Crippen LogP contribution is 2.47. The van der Waals surface area contributed by atoms with Crippen LogP contribution in [0, 0.1) is 28.9 Å². The van der Waals surface area contributed by atoms with Gasteiger partial charge in [-0.1, -0.05) is 6.07 Å². The number of rotatable bonds is 7. The van der Waals surface area contributed by atoms with E-state index in [0.29, 0.717) is 48.4 Å². The van der Waals surface area contributed by atoms with E-state index in [0.717, 1.165) is 63.4 Å². The smallest absolute Gasteiger partial charge is 0.417 e. The molecule has 55 heavy (non-hydrogen) atoms. The third-order valence-corrected chi connectivity index (χ3v) is 11.4. The van der Waals surface area contributed by atoms with Crippen molar-refractivity contribution in [3.05, 3.63) is 41.0 Å². The molecule has 4 aromatic rings. The number of nitriles is 1. The highest BCUT2D eigenvalue weighted by Gasteiger charge is 2.40. The molecule has 3 N–H and O–H groups in total. The Kier molecular flexibility index (Phi) is 12.3. The molecule has 8 rings (SSSR count). The number of hydrogen-bond donors (Lipinski definition) is 2. The quantitative estimate of drug-likeness (QED) is 0.179. The molecule has 0 radical (unpaired) electrons. The number of carbonyl (C=O) groups excluding carboxylic acids is 1. The molecule has 3 aliphatic heterocycles. The van der Waals surface area contributed by atoms with Gasteiger partial charge in [0.25, 0.3) is 0 Å². The minimum atomic E-state index is -5.00. The maximum Gasteiger partial charge on any atom is 0.417 e. The fraction of sp³-hybridized carbons (Fsp3) is 0.526. The lowest BCUT2D eigenvalue weighted by Crippen LogP contribution is -2.38. The van der Waals surface area contributed by atoms with E-state index < -0.39 is 40.6 Å². The zero-order valence-corrected chi connectivity index (χ0v) is 31.6. The number of alkyl halides is 4. The third-order valence-electron chi connectivity index (χ3n) is 10.3. The van der Waals surface area contributed by atoms with Gasteiger partial charge < -0.3 is 25.4 Å². The number of nitrogens with one attached hydrogen (secondary N) is 1. The lowest BCUT2D eigenvalue weighted by atomic mass is 9.92. The molecule has 10 nitrogen and oxygen atoms in total. The number of likely N-dealkylation sites (tertiary alicyclic amines) is 1. The van der Waals surface area contributed by atoms with Crippen molar-refractivity contribution >= 4 is 49.1 Å². The summed E-state index contributed by atoms with van der Waals surface area (Å²) in [6.07, 6.45) is 2.29. The van der Waals surface area contributed by atoms with Crippen LogP contribution in [0.1, 0.15) is 63.0 Å². The third kappa shape index (κ3) is 8.41. The number of nitrogens with two attached hydrogens (primary N) is 1. The summed E-state index contributed by atoms with van der Waals surface area (Å²) in [4.78, 5) is 24.0. The molecule has 1 aliphatic carbocycles. The van der Waals surface area contributed by atoms with Crippen LogP contribution in [-0.2, 0) is 15.7 Å². The molecule has 17 heteroatoms. The van der Waals surface area contributed by atoms with Crippen LogP contribution in [0.25, 0.3) is 32.1 Å². The first-order valence-electron chi connectivity index (χ1n) is 18.3. The molecule has 4 fully saturated rings. The van der Waals surface area contributed by atoms with Crippen LogP contribution < -0.4 is 15.8 Å². The van der Waals surface area contributed by atoms with Gasteiger partial charge in [-0.05, 0) is 76.1 Å². The lowest BCUT2D eigenvalue weighted by Gasteiger charge is -2.23. The Bertz CT molecular complexity index is 2070. The van der Waals surface area contributed by atoms with Gasteiger partial charge in [0.1, 0.15) is 34.4 Å². The second-order valence-electron chi connectivity index (χ2n) is 14.0. The van der Waals surface area contributed by atoms with Crippen LogP contribution in [0.3, 0.4) is 0 Å². The van der Waals surface area contributed by atoms with E-state index in [-0.39, 0.29) is 50.0 Å². The number of methoxy groups -OCH3 is 2. The fourth-order valence-electron chi connectivity index (χ4n) is 7.68. The molecule has 0 spiro atoms. The minimum Gasteiger partial charge on any atom is -0.467 e. The van der Waals surface area contributed by atoms with Crippen molar-refractivity contribution in [2.75, 3.05) is 58.1 Å². The number of nitrogens with zero attached hydrogens (tertiary/aromatic N) is 5. The van der Waals surface area contributed by atoms with Gasteiger partial charge in [-0.15, -0.1) is 11.3 Å². The van der Waals surface area contributed by atoms with Crippen LogP contribution >= 0.6 is 11.3 Å². The summed E-state index contributed by atoms with van der Waals surface area (Å²) in [5.74, 6) is -1.42. The second-order valence-corrected chi connectivity index (χ2v) is 15.1. The number of ether oxygens (including phenoxy) is 2. The molecule has 296 valence electrons. The zero-order valence-electron chi connectivity index (χ0n) is 30.7. The van der Waals surface area contributed by atoms with E-state index in [9.17, 15) is 32.0 Å². The monoisotopic (exact) mass is 791 g/mol. The molecule has 3 atom stereocenters. The van der Waals surface area contributed by atoms with E-state index in [1.54, 1.807) is 20.1 Å². The van der Waals surface area contributed by atoms with Crippen molar-refractivity contribution in [3.8, 4) is 23.2 Å². The molecule has 4 aliphatic rings. The van der Waals surface area contributed by atoms with Crippen molar-refractivity contribution in [1.29, 1.82) is 5.26 Å². The number of amides is 1. The first-order chi connectivity index (χ1) is 26.3. The number of carbonyl (C=O) groups is 1. The predicted octanol–water partition coefficient (Wildman–Crippen LogP) is 7.93. The summed E-state index contributed by atoms with van der Waals surface area (Å²) in [5.41, 5.74) is 2.59. The molecule has 1 amide bonds. The van der Waals surface area contributed by atoms with Gasteiger partial charge in [0.15, 0.2) is 5.82 Å². The van der Waals surface area contributed by atoms with Gasteiger partial charge in [0.2, 0.25) is 5.91 Å². The number of benzene rings is 2. The number of thiophene rings is 1. The molecule has 0 bridgehead atoms. The van der Waals surface area contributed by atoms with Gasteiger partial charge in [0.05, 0.1) is 35.6 Å². The molecule has 3 unspecified atom stereocenters. The van der Waals surface area contributed by atoms with E-state index in [1.807, 2.05) is 4.90 Å². The van der Waals surface area contributed by atoms with Gasteiger partial charge in [-0.25, -0.2) is 13.2 Å². The Hall–Kier alpha value is -4.40. The van der Waals surface area contributed by atoms with Crippen molar-refractivity contribution in [2.45, 2.75) is 76.3 Å². The molecule has 2 aromatic heterocycles. The van der Waals surface area contributed by atoms with E-state index >= 15 is 4.39 Å². The Morgan fingerprint density at radius 2 is 1.87 bits per heavy atom. The summed E-state index contributed by atoms with van der Waals surface area (Å²) in [6.45, 7) is 5.49. The first-order valence-corrected chi connectivity index (χ1v) is 19.1. The maximum atomic E-state index is 15.9. The maximum absolute atomic E-state index is 15.9. The SMILES string of the molecule is CCNc1nc(OC)nc2c(F)c(-c3ccc(F)c4sc(N)c(C#N)c34)c(C(F)(F)F)cc12.COCC1CCCN1C(=O)C1CC1.FC1CC2CCCN2C1. The number of anilines is 2. The molecular formula is C38H43F6N7O3S. The van der Waals surface area contributed by atoms with Gasteiger partial charge in [-0.2, -0.15) is 28.4 Å². The van der Waals surface area contributed by atoms with Crippen LogP contribution in [0.15, 0.2) is 18.2 Å². The highest BCUT2D eigenvalue weighted by molar-refractivity contribution is 7.23. The Morgan fingerprint density at radius 1 is 1.13 bits per heavy atom. The second kappa shape index (κ2) is 16.8. The van der Waals surface area contributed by atoms with Crippen LogP contribution in [0.5, 0.6) is 6.01 Å². The number of hydrogen-bond acceptors (Lipinski definition) is 10. The summed E-state index contributed by atoms with van der Waals surface area (Å²) in [6, 6.07) is 5.11. The van der Waals surface area contributed by atoms with Crippen LogP contribution in [0.4, 0.5) is 37.2 Å². The average Bonchev–Trinajstić information content (AvgIpc) is 3.37. The Morgan fingerprint density at radius 3 is 2.51 bits per heavy atom. The predicted molar refractivity (Wildman–Crippen MR) is 199 cm³/mol. The van der Waals surface area contributed by atoms with E-state index in [4.69, 9.17) is 15.2 Å². The number of fused-ring (bicyclic) bond motifs is 3. The van der Waals surface area contributed by atoms with Crippen LogP contribution in [-0.4, -0.2) is 90.9 Å². The molecule has 1 saturated carbocycles. The number of halogens is 6. The topological polar surface area (TPSA) is 130 Å². The van der Waals surface area contributed by atoms with Crippen molar-refractivity contribution in [1.82, 2.24) is 19.8 Å². The van der Waals surface area contributed by atoms with Gasteiger partial charge >= 0.3 is 12.2 Å².